The molecule has 8 heteroatoms. The Labute approximate surface area is 123 Å². The second-order valence-electron chi connectivity index (χ2n) is 4.06. The third-order valence-electron chi connectivity index (χ3n) is 2.45. The molecule has 21 heavy (non-hydrogen) atoms. The van der Waals surface area contributed by atoms with Crippen molar-refractivity contribution in [3.8, 4) is 0 Å². The molecule has 0 aliphatic carbocycles. The Morgan fingerprint density at radius 3 is 2.05 bits per heavy atom. The first-order valence-corrected chi connectivity index (χ1v) is 6.30. The van der Waals surface area contributed by atoms with E-state index in [0.717, 1.165) is 6.08 Å². The number of hydrogen-bond donors (Lipinski definition) is 1. The third-order valence-corrected chi connectivity index (χ3v) is 2.45. The number of hydrogen-bond acceptors (Lipinski definition) is 6. The fourth-order valence-corrected chi connectivity index (χ4v) is 1.40. The van der Waals surface area contributed by atoms with Gasteiger partial charge >= 0.3 is 11.9 Å². The van der Waals surface area contributed by atoms with Crippen LogP contribution in [0.5, 0.6) is 0 Å². The van der Waals surface area contributed by atoms with Gasteiger partial charge in [-0.1, -0.05) is 0 Å². The van der Waals surface area contributed by atoms with Crippen LogP contribution in [0.1, 0.15) is 6.92 Å². The standard InChI is InChI=1S/C13H21NO7/c1-10(21-12(17)5-4-11(15)16)13(18)14(6-8-19-2)7-9-20-3/h4-5,10H,6-9H2,1-3H3,(H,15,16)/b5-4+. The minimum absolute atomic E-state index is 0.339. The van der Waals surface area contributed by atoms with Crippen molar-refractivity contribution in [3.05, 3.63) is 12.2 Å². The van der Waals surface area contributed by atoms with Gasteiger partial charge in [-0.05, 0) is 6.92 Å². The Bertz CT molecular complexity index is 373. The molecule has 0 aromatic rings. The molecule has 0 aliphatic heterocycles. The van der Waals surface area contributed by atoms with Crippen LogP contribution in [0, 0.1) is 0 Å². The summed E-state index contributed by atoms with van der Waals surface area (Å²) in [5.74, 6) is -2.56. The zero-order valence-electron chi connectivity index (χ0n) is 12.4. The maximum absolute atomic E-state index is 12.1. The summed E-state index contributed by atoms with van der Waals surface area (Å²) < 4.78 is 14.7. The molecule has 1 N–H and O–H groups in total. The summed E-state index contributed by atoms with van der Waals surface area (Å²) >= 11 is 0. The second kappa shape index (κ2) is 10.8. The highest BCUT2D eigenvalue weighted by Crippen LogP contribution is 2.01. The molecule has 0 saturated carbocycles. The number of nitrogens with zero attached hydrogens (tertiary/aromatic N) is 1. The molecule has 0 aliphatic rings. The summed E-state index contributed by atoms with van der Waals surface area (Å²) in [4.78, 5) is 35.2. The Balaban J connectivity index is 4.52. The molecule has 0 radical (unpaired) electrons. The average Bonchev–Trinajstić information content (AvgIpc) is 2.44. The smallest absolute Gasteiger partial charge is 0.331 e. The van der Waals surface area contributed by atoms with Crippen molar-refractivity contribution in [2.24, 2.45) is 0 Å². The molecule has 0 aromatic carbocycles. The predicted octanol–water partition coefficient (Wildman–Crippen LogP) is -0.320. The number of methoxy groups -OCH3 is 2. The zero-order chi connectivity index (χ0) is 16.3. The van der Waals surface area contributed by atoms with Crippen LogP contribution in [0.15, 0.2) is 12.2 Å². The lowest BCUT2D eigenvalue weighted by Gasteiger charge is -2.24. The Kier molecular flexibility index (Phi) is 9.82. The van der Waals surface area contributed by atoms with Gasteiger partial charge in [-0.25, -0.2) is 9.59 Å². The largest absolute Gasteiger partial charge is 0.478 e. The van der Waals surface area contributed by atoms with E-state index in [1.54, 1.807) is 0 Å². The highest BCUT2D eigenvalue weighted by atomic mass is 16.5. The van der Waals surface area contributed by atoms with Crippen molar-refractivity contribution < 1.29 is 33.7 Å². The normalized spacial score (nSPS) is 12.1. The van der Waals surface area contributed by atoms with Gasteiger partial charge in [0.2, 0.25) is 0 Å². The molecule has 0 heterocycles. The van der Waals surface area contributed by atoms with E-state index in [-0.39, 0.29) is 0 Å². The minimum atomic E-state index is -1.27. The van der Waals surface area contributed by atoms with E-state index in [4.69, 9.17) is 19.3 Å². The first-order chi connectivity index (χ1) is 9.92. The highest BCUT2D eigenvalue weighted by Gasteiger charge is 2.22. The lowest BCUT2D eigenvalue weighted by Crippen LogP contribution is -2.43. The first-order valence-electron chi connectivity index (χ1n) is 6.30. The number of carbonyl (C=O) groups excluding carboxylic acids is 2. The average molecular weight is 303 g/mol. The van der Waals surface area contributed by atoms with E-state index in [1.165, 1.54) is 26.0 Å². The van der Waals surface area contributed by atoms with E-state index in [9.17, 15) is 14.4 Å². The van der Waals surface area contributed by atoms with Crippen molar-refractivity contribution in [1.82, 2.24) is 4.90 Å². The number of rotatable bonds is 10. The van der Waals surface area contributed by atoms with Gasteiger partial charge in [-0.2, -0.15) is 0 Å². The number of amides is 1. The Hall–Kier alpha value is -1.93. The summed E-state index contributed by atoms with van der Waals surface area (Å²) in [5, 5.41) is 8.39. The number of ether oxygens (including phenoxy) is 3. The topological polar surface area (TPSA) is 102 Å². The first kappa shape index (κ1) is 19.1. The molecule has 8 nitrogen and oxygen atoms in total. The molecular formula is C13H21NO7. The molecule has 0 aromatic heterocycles. The van der Waals surface area contributed by atoms with Gasteiger partial charge in [0.05, 0.1) is 13.2 Å². The van der Waals surface area contributed by atoms with E-state index >= 15 is 0 Å². The summed E-state index contributed by atoms with van der Waals surface area (Å²) in [6.45, 7) is 2.78. The number of esters is 1. The van der Waals surface area contributed by atoms with E-state index in [1.807, 2.05) is 0 Å². The van der Waals surface area contributed by atoms with Gasteiger partial charge in [0.1, 0.15) is 0 Å². The lowest BCUT2D eigenvalue weighted by molar-refractivity contribution is -0.156. The Morgan fingerprint density at radius 1 is 1.10 bits per heavy atom. The number of carbonyl (C=O) groups is 3. The van der Waals surface area contributed by atoms with Crippen LogP contribution in [0.3, 0.4) is 0 Å². The van der Waals surface area contributed by atoms with Gasteiger partial charge in [0.15, 0.2) is 6.10 Å². The molecule has 0 bridgehead atoms. The maximum atomic E-state index is 12.1. The van der Waals surface area contributed by atoms with Crippen LogP contribution in [0.4, 0.5) is 0 Å². The van der Waals surface area contributed by atoms with Crippen molar-refractivity contribution in [2.75, 3.05) is 40.5 Å². The second-order valence-corrected chi connectivity index (χ2v) is 4.06. The molecule has 1 unspecified atom stereocenters. The quantitative estimate of drug-likeness (QED) is 0.436. The predicted molar refractivity (Wildman–Crippen MR) is 72.7 cm³/mol. The van der Waals surface area contributed by atoms with Gasteiger partial charge < -0.3 is 24.2 Å². The van der Waals surface area contributed by atoms with Crippen LogP contribution < -0.4 is 0 Å². The highest BCUT2D eigenvalue weighted by molar-refractivity contribution is 5.92. The van der Waals surface area contributed by atoms with E-state index < -0.39 is 23.9 Å². The third kappa shape index (κ3) is 8.77. The van der Waals surface area contributed by atoms with Crippen LogP contribution in [0.2, 0.25) is 0 Å². The molecule has 0 spiro atoms. The van der Waals surface area contributed by atoms with Crippen molar-refractivity contribution in [1.29, 1.82) is 0 Å². The molecule has 0 saturated heterocycles. The maximum Gasteiger partial charge on any atom is 0.331 e. The number of carboxylic acids is 1. The van der Waals surface area contributed by atoms with Gasteiger partial charge in [0, 0.05) is 39.5 Å². The van der Waals surface area contributed by atoms with Crippen LogP contribution in [0.25, 0.3) is 0 Å². The van der Waals surface area contributed by atoms with Gasteiger partial charge in [-0.3, -0.25) is 4.79 Å². The van der Waals surface area contributed by atoms with E-state index in [0.29, 0.717) is 32.4 Å². The molecule has 1 amide bonds. The number of carboxylic acid groups (broad SMARTS) is 1. The monoisotopic (exact) mass is 303 g/mol. The summed E-state index contributed by atoms with van der Waals surface area (Å²) in [6.07, 6.45) is 0.373. The molecule has 0 fully saturated rings. The van der Waals surface area contributed by atoms with Crippen molar-refractivity contribution >= 4 is 17.8 Å². The zero-order valence-corrected chi connectivity index (χ0v) is 12.4. The van der Waals surface area contributed by atoms with Gasteiger partial charge in [0.25, 0.3) is 5.91 Å². The fraction of sp³-hybridized carbons (Fsp3) is 0.615. The molecular weight excluding hydrogens is 282 g/mol. The van der Waals surface area contributed by atoms with Crippen LogP contribution in [-0.4, -0.2) is 74.5 Å². The minimum Gasteiger partial charge on any atom is -0.478 e. The van der Waals surface area contributed by atoms with Crippen LogP contribution >= 0.6 is 0 Å². The molecule has 120 valence electrons. The van der Waals surface area contributed by atoms with Gasteiger partial charge in [-0.15, -0.1) is 0 Å². The van der Waals surface area contributed by atoms with Crippen molar-refractivity contribution in [3.63, 3.8) is 0 Å². The molecule has 0 rings (SSSR count). The van der Waals surface area contributed by atoms with Crippen molar-refractivity contribution in [2.45, 2.75) is 13.0 Å². The van der Waals surface area contributed by atoms with Crippen LogP contribution in [-0.2, 0) is 28.6 Å². The SMILES string of the molecule is COCCN(CCOC)C(=O)C(C)OC(=O)/C=C/C(=O)O. The summed E-state index contributed by atoms with van der Waals surface area (Å²) in [7, 11) is 3.03. The lowest BCUT2D eigenvalue weighted by atomic mass is 10.3. The summed E-state index contributed by atoms with van der Waals surface area (Å²) in [6, 6.07) is 0. The summed E-state index contributed by atoms with van der Waals surface area (Å²) in [5.41, 5.74) is 0. The number of aliphatic carboxylic acids is 1. The molecule has 1 atom stereocenters. The van der Waals surface area contributed by atoms with E-state index in [2.05, 4.69) is 0 Å². The Morgan fingerprint density at radius 2 is 1.62 bits per heavy atom. The fourth-order valence-electron chi connectivity index (χ4n) is 1.40.